The van der Waals surface area contributed by atoms with Gasteiger partial charge in [-0.1, -0.05) is 49.9 Å². The molecule has 0 amide bonds. The third-order valence-corrected chi connectivity index (χ3v) is 6.38. The SMILES string of the molecule is CC(C)Oc1ccc(-c2cc(CCCCCNCCCN)cc(CNCCCCCCCN)c2)cc1. The van der Waals surface area contributed by atoms with Crippen LogP contribution in [0.1, 0.15) is 82.8 Å². The van der Waals surface area contributed by atoms with Crippen molar-refractivity contribution in [3.8, 4) is 16.9 Å². The van der Waals surface area contributed by atoms with Gasteiger partial charge >= 0.3 is 0 Å². The van der Waals surface area contributed by atoms with Crippen LogP contribution in [0.5, 0.6) is 5.75 Å². The number of nitrogens with one attached hydrogen (secondary N) is 2. The van der Waals surface area contributed by atoms with Gasteiger partial charge in [-0.05, 0) is 126 Å². The lowest BCUT2D eigenvalue weighted by Crippen LogP contribution is -2.19. The highest BCUT2D eigenvalue weighted by Gasteiger charge is 2.06. The molecule has 0 heterocycles. The highest BCUT2D eigenvalue weighted by Crippen LogP contribution is 2.26. The standard InChI is InChI=1S/C31H52N4O/c1-26(2)36-31-15-13-29(14-16-31)30-23-27(12-7-6-10-19-34-21-11-18-33)22-28(24-30)25-35-20-9-5-3-4-8-17-32/h13-16,22-24,26,34-35H,3-12,17-21,25,32-33H2,1-2H3. The first-order valence-corrected chi connectivity index (χ1v) is 14.3. The lowest BCUT2D eigenvalue weighted by molar-refractivity contribution is 0.242. The van der Waals surface area contributed by atoms with E-state index in [-0.39, 0.29) is 6.10 Å². The fourth-order valence-corrected chi connectivity index (χ4v) is 4.44. The summed E-state index contributed by atoms with van der Waals surface area (Å²) < 4.78 is 5.84. The number of unbranched alkanes of at least 4 members (excludes halogenated alkanes) is 6. The van der Waals surface area contributed by atoms with Crippen LogP contribution in [0.4, 0.5) is 0 Å². The van der Waals surface area contributed by atoms with Gasteiger partial charge in [-0.25, -0.2) is 0 Å². The predicted molar refractivity (Wildman–Crippen MR) is 156 cm³/mol. The molecule has 0 saturated carbocycles. The van der Waals surface area contributed by atoms with E-state index in [1.807, 2.05) is 0 Å². The van der Waals surface area contributed by atoms with Crippen LogP contribution in [-0.2, 0) is 13.0 Å². The van der Waals surface area contributed by atoms with Crippen LogP contribution in [0, 0.1) is 0 Å². The molecule has 0 bridgehead atoms. The molecule has 0 aromatic heterocycles. The molecule has 5 heteroatoms. The second-order valence-corrected chi connectivity index (χ2v) is 10.2. The van der Waals surface area contributed by atoms with Crippen LogP contribution >= 0.6 is 0 Å². The average molecular weight is 497 g/mol. The molecule has 0 aliphatic rings. The van der Waals surface area contributed by atoms with Crippen molar-refractivity contribution in [2.75, 3.05) is 32.7 Å². The van der Waals surface area contributed by atoms with Crippen molar-refractivity contribution in [2.45, 2.75) is 90.7 Å². The molecule has 5 nitrogen and oxygen atoms in total. The van der Waals surface area contributed by atoms with E-state index in [2.05, 4.69) is 66.9 Å². The van der Waals surface area contributed by atoms with Gasteiger partial charge in [0.1, 0.15) is 5.75 Å². The Bertz CT molecular complexity index is 768. The van der Waals surface area contributed by atoms with Gasteiger partial charge in [-0.15, -0.1) is 0 Å². The molecule has 2 rings (SSSR count). The summed E-state index contributed by atoms with van der Waals surface area (Å²) in [7, 11) is 0. The van der Waals surface area contributed by atoms with Gasteiger partial charge in [-0.3, -0.25) is 0 Å². The molecular formula is C31H52N4O. The van der Waals surface area contributed by atoms with Crippen molar-refractivity contribution in [3.05, 3.63) is 53.6 Å². The van der Waals surface area contributed by atoms with E-state index in [1.54, 1.807) is 0 Å². The Morgan fingerprint density at radius 2 is 1.25 bits per heavy atom. The summed E-state index contributed by atoms with van der Waals surface area (Å²) in [5.74, 6) is 0.929. The molecule has 0 atom stereocenters. The zero-order valence-corrected chi connectivity index (χ0v) is 23.0. The minimum atomic E-state index is 0.188. The van der Waals surface area contributed by atoms with Gasteiger partial charge in [0, 0.05) is 6.54 Å². The molecule has 0 unspecified atom stereocenters. The third kappa shape index (κ3) is 13.4. The number of hydrogen-bond acceptors (Lipinski definition) is 5. The summed E-state index contributed by atoms with van der Waals surface area (Å²) in [5.41, 5.74) is 16.5. The lowest BCUT2D eigenvalue weighted by atomic mass is 9.97. The van der Waals surface area contributed by atoms with Crippen molar-refractivity contribution >= 4 is 0 Å². The molecule has 2 aromatic carbocycles. The van der Waals surface area contributed by atoms with Crippen molar-refractivity contribution in [1.29, 1.82) is 0 Å². The normalized spacial score (nSPS) is 11.4. The van der Waals surface area contributed by atoms with Crippen LogP contribution in [0.25, 0.3) is 11.1 Å². The number of nitrogens with two attached hydrogens (primary N) is 2. The second-order valence-electron chi connectivity index (χ2n) is 10.2. The molecule has 2 aromatic rings. The van der Waals surface area contributed by atoms with Gasteiger partial charge in [0.05, 0.1) is 6.10 Å². The maximum Gasteiger partial charge on any atom is 0.119 e. The van der Waals surface area contributed by atoms with E-state index in [0.717, 1.165) is 64.3 Å². The highest BCUT2D eigenvalue weighted by atomic mass is 16.5. The molecule has 0 aliphatic heterocycles. The fourth-order valence-electron chi connectivity index (χ4n) is 4.44. The molecular weight excluding hydrogens is 444 g/mol. The Kier molecular flexibility index (Phi) is 16.2. The van der Waals surface area contributed by atoms with E-state index in [0.29, 0.717) is 0 Å². The zero-order chi connectivity index (χ0) is 25.8. The maximum absolute atomic E-state index is 5.84. The molecule has 0 saturated heterocycles. The first-order valence-electron chi connectivity index (χ1n) is 14.3. The van der Waals surface area contributed by atoms with Gasteiger partial charge in [0.2, 0.25) is 0 Å². The van der Waals surface area contributed by atoms with Crippen LogP contribution < -0.4 is 26.8 Å². The third-order valence-electron chi connectivity index (χ3n) is 6.38. The van der Waals surface area contributed by atoms with E-state index < -0.39 is 0 Å². The van der Waals surface area contributed by atoms with Crippen LogP contribution in [0.2, 0.25) is 0 Å². The zero-order valence-electron chi connectivity index (χ0n) is 23.0. The summed E-state index contributed by atoms with van der Waals surface area (Å²) in [6.07, 6.45) is 12.3. The van der Waals surface area contributed by atoms with E-state index in [9.17, 15) is 0 Å². The van der Waals surface area contributed by atoms with E-state index >= 15 is 0 Å². The highest BCUT2D eigenvalue weighted by molar-refractivity contribution is 5.66. The van der Waals surface area contributed by atoms with E-state index in [1.165, 1.54) is 67.2 Å². The lowest BCUT2D eigenvalue weighted by Gasteiger charge is -2.13. The number of ether oxygens (including phenoxy) is 1. The minimum absolute atomic E-state index is 0.188. The monoisotopic (exact) mass is 496 g/mol. The Morgan fingerprint density at radius 3 is 1.97 bits per heavy atom. The van der Waals surface area contributed by atoms with Crippen molar-refractivity contribution in [3.63, 3.8) is 0 Å². The fraction of sp³-hybridized carbons (Fsp3) is 0.613. The molecule has 6 N–H and O–H groups in total. The van der Waals surface area contributed by atoms with Gasteiger partial charge in [-0.2, -0.15) is 0 Å². The summed E-state index contributed by atoms with van der Waals surface area (Å²) in [6, 6.07) is 15.7. The summed E-state index contributed by atoms with van der Waals surface area (Å²) in [5, 5.41) is 7.15. The summed E-state index contributed by atoms with van der Waals surface area (Å²) in [4.78, 5) is 0. The van der Waals surface area contributed by atoms with Crippen molar-refractivity contribution < 1.29 is 4.74 Å². The topological polar surface area (TPSA) is 85.3 Å². The average Bonchev–Trinajstić information content (AvgIpc) is 2.87. The summed E-state index contributed by atoms with van der Waals surface area (Å²) >= 11 is 0. The number of hydrogen-bond donors (Lipinski definition) is 4. The molecule has 0 fully saturated rings. The van der Waals surface area contributed by atoms with E-state index in [4.69, 9.17) is 16.2 Å². The number of benzene rings is 2. The Hall–Kier alpha value is -1.92. The van der Waals surface area contributed by atoms with Crippen LogP contribution in [0.3, 0.4) is 0 Å². The Balaban J connectivity index is 1.93. The van der Waals surface area contributed by atoms with Crippen molar-refractivity contribution in [1.82, 2.24) is 10.6 Å². The first-order chi connectivity index (χ1) is 17.6. The van der Waals surface area contributed by atoms with Gasteiger partial charge < -0.3 is 26.8 Å². The number of aryl methyl sites for hydroxylation is 1. The van der Waals surface area contributed by atoms with Gasteiger partial charge in [0.15, 0.2) is 0 Å². The Labute approximate surface area is 220 Å². The number of rotatable bonds is 21. The van der Waals surface area contributed by atoms with Crippen molar-refractivity contribution in [2.24, 2.45) is 11.5 Å². The smallest absolute Gasteiger partial charge is 0.119 e. The largest absolute Gasteiger partial charge is 0.491 e. The Morgan fingerprint density at radius 1 is 0.639 bits per heavy atom. The minimum Gasteiger partial charge on any atom is -0.491 e. The predicted octanol–water partition coefficient (Wildman–Crippen LogP) is 5.79. The van der Waals surface area contributed by atoms with Crippen LogP contribution in [0.15, 0.2) is 42.5 Å². The molecule has 0 radical (unpaired) electrons. The maximum atomic E-state index is 5.84. The molecule has 202 valence electrons. The summed E-state index contributed by atoms with van der Waals surface area (Å²) in [6.45, 7) is 9.82. The molecule has 0 spiro atoms. The second kappa shape index (κ2) is 19.2. The molecule has 36 heavy (non-hydrogen) atoms. The quantitative estimate of drug-likeness (QED) is 0.164. The molecule has 0 aliphatic carbocycles. The first kappa shape index (κ1) is 30.3. The van der Waals surface area contributed by atoms with Crippen LogP contribution in [-0.4, -0.2) is 38.8 Å². The van der Waals surface area contributed by atoms with Gasteiger partial charge in [0.25, 0.3) is 0 Å².